The SMILES string of the molecule is CCOC(=O)CNc1cccc(-c2ccccc2-c2nc(-c3ccccc3)c(-c3ccccc3)n2C)c1. The van der Waals surface area contributed by atoms with Crippen molar-refractivity contribution in [1.82, 2.24) is 9.55 Å². The lowest BCUT2D eigenvalue weighted by Gasteiger charge is -2.13. The molecule has 0 aliphatic rings. The Balaban J connectivity index is 1.60. The first-order valence-electron chi connectivity index (χ1n) is 12.4. The predicted molar refractivity (Wildman–Crippen MR) is 150 cm³/mol. The lowest BCUT2D eigenvalue weighted by molar-refractivity contribution is -0.140. The maximum Gasteiger partial charge on any atom is 0.325 e. The van der Waals surface area contributed by atoms with E-state index in [9.17, 15) is 4.79 Å². The number of carbonyl (C=O) groups excluding carboxylic acids is 1. The van der Waals surface area contributed by atoms with Crippen LogP contribution in [0, 0.1) is 0 Å². The van der Waals surface area contributed by atoms with E-state index in [1.165, 1.54) is 0 Å². The van der Waals surface area contributed by atoms with Crippen molar-refractivity contribution in [2.24, 2.45) is 7.05 Å². The van der Waals surface area contributed by atoms with Crippen molar-refractivity contribution in [2.45, 2.75) is 6.92 Å². The largest absolute Gasteiger partial charge is 0.465 e. The molecule has 5 rings (SSSR count). The van der Waals surface area contributed by atoms with Gasteiger partial charge in [-0.25, -0.2) is 4.98 Å². The number of rotatable bonds is 8. The van der Waals surface area contributed by atoms with E-state index < -0.39 is 0 Å². The zero-order valence-corrected chi connectivity index (χ0v) is 21.0. The standard InChI is InChI=1S/C32H29N3O2/c1-3-37-29(36)22-33-26-18-12-17-25(21-26)27-19-10-11-20-28(27)32-34-30(23-13-6-4-7-14-23)31(35(32)2)24-15-8-5-9-16-24/h4-21,33H,3,22H2,1-2H3. The number of nitrogens with zero attached hydrogens (tertiary/aromatic N) is 2. The Morgan fingerprint density at radius 3 is 2.11 bits per heavy atom. The van der Waals surface area contributed by atoms with E-state index in [0.29, 0.717) is 6.61 Å². The maximum atomic E-state index is 11.8. The lowest BCUT2D eigenvalue weighted by Crippen LogP contribution is -2.16. The summed E-state index contributed by atoms with van der Waals surface area (Å²) < 4.78 is 7.22. The number of nitrogens with one attached hydrogen (secondary N) is 1. The Morgan fingerprint density at radius 2 is 1.41 bits per heavy atom. The van der Waals surface area contributed by atoms with Gasteiger partial charge in [0.1, 0.15) is 12.4 Å². The van der Waals surface area contributed by atoms with Gasteiger partial charge in [-0.15, -0.1) is 0 Å². The van der Waals surface area contributed by atoms with Gasteiger partial charge in [-0.1, -0.05) is 97.1 Å². The molecule has 0 radical (unpaired) electrons. The summed E-state index contributed by atoms with van der Waals surface area (Å²) in [4.78, 5) is 17.0. The van der Waals surface area contributed by atoms with E-state index in [0.717, 1.165) is 50.7 Å². The van der Waals surface area contributed by atoms with E-state index in [-0.39, 0.29) is 12.5 Å². The first kappa shape index (κ1) is 24.1. The third kappa shape index (κ3) is 5.16. The molecule has 0 spiro atoms. The predicted octanol–water partition coefficient (Wildman–Crippen LogP) is 7.06. The first-order valence-corrected chi connectivity index (χ1v) is 12.4. The Morgan fingerprint density at radius 1 is 0.784 bits per heavy atom. The van der Waals surface area contributed by atoms with Gasteiger partial charge in [0.05, 0.1) is 18.0 Å². The molecule has 1 heterocycles. The fourth-order valence-corrected chi connectivity index (χ4v) is 4.58. The summed E-state index contributed by atoms with van der Waals surface area (Å²) in [7, 11) is 2.07. The average molecular weight is 488 g/mol. The van der Waals surface area contributed by atoms with Crippen LogP contribution in [0.3, 0.4) is 0 Å². The van der Waals surface area contributed by atoms with Crippen LogP contribution in [0.4, 0.5) is 5.69 Å². The molecule has 1 aromatic heterocycles. The quantitative estimate of drug-likeness (QED) is 0.238. The molecule has 0 saturated carbocycles. The number of esters is 1. The minimum atomic E-state index is -0.275. The number of benzene rings is 4. The summed E-state index contributed by atoms with van der Waals surface area (Å²) in [5.74, 6) is 0.612. The third-order valence-corrected chi connectivity index (χ3v) is 6.27. The molecule has 0 atom stereocenters. The second-order valence-electron chi connectivity index (χ2n) is 8.71. The van der Waals surface area contributed by atoms with Gasteiger partial charge in [0, 0.05) is 29.4 Å². The van der Waals surface area contributed by atoms with Crippen LogP contribution in [0.2, 0.25) is 0 Å². The summed E-state index contributed by atoms with van der Waals surface area (Å²) in [5.41, 5.74) is 8.20. The van der Waals surface area contributed by atoms with Crippen molar-refractivity contribution in [3.05, 3.63) is 109 Å². The van der Waals surface area contributed by atoms with Crippen LogP contribution in [0.5, 0.6) is 0 Å². The highest BCUT2D eigenvalue weighted by atomic mass is 16.5. The van der Waals surface area contributed by atoms with Crippen molar-refractivity contribution in [2.75, 3.05) is 18.5 Å². The zero-order valence-electron chi connectivity index (χ0n) is 21.0. The van der Waals surface area contributed by atoms with Crippen LogP contribution < -0.4 is 5.32 Å². The molecule has 5 heteroatoms. The fourth-order valence-electron chi connectivity index (χ4n) is 4.58. The van der Waals surface area contributed by atoms with Crippen LogP contribution in [0.25, 0.3) is 45.0 Å². The number of carbonyl (C=O) groups is 1. The second-order valence-corrected chi connectivity index (χ2v) is 8.71. The van der Waals surface area contributed by atoms with Gasteiger partial charge < -0.3 is 14.6 Å². The molecule has 37 heavy (non-hydrogen) atoms. The van der Waals surface area contributed by atoms with Crippen LogP contribution in [-0.4, -0.2) is 28.7 Å². The minimum Gasteiger partial charge on any atom is -0.465 e. The summed E-state index contributed by atoms with van der Waals surface area (Å²) in [5, 5.41) is 3.17. The molecule has 5 nitrogen and oxygen atoms in total. The number of imidazole rings is 1. The van der Waals surface area contributed by atoms with Crippen molar-refractivity contribution in [3.8, 4) is 45.0 Å². The monoisotopic (exact) mass is 487 g/mol. The van der Waals surface area contributed by atoms with Gasteiger partial charge in [0.2, 0.25) is 0 Å². The highest BCUT2D eigenvalue weighted by Crippen LogP contribution is 2.38. The number of hydrogen-bond acceptors (Lipinski definition) is 4. The molecule has 0 bridgehead atoms. The number of ether oxygens (including phenoxy) is 1. The van der Waals surface area contributed by atoms with Crippen LogP contribution >= 0.6 is 0 Å². The fraction of sp³-hybridized carbons (Fsp3) is 0.125. The Hall–Kier alpha value is -4.64. The molecule has 184 valence electrons. The molecular formula is C32H29N3O2. The molecule has 4 aromatic carbocycles. The van der Waals surface area contributed by atoms with Crippen LogP contribution in [0.15, 0.2) is 109 Å². The van der Waals surface area contributed by atoms with E-state index in [1.54, 1.807) is 6.92 Å². The van der Waals surface area contributed by atoms with E-state index in [2.05, 4.69) is 77.6 Å². The van der Waals surface area contributed by atoms with E-state index >= 15 is 0 Å². The van der Waals surface area contributed by atoms with Gasteiger partial charge in [0.15, 0.2) is 0 Å². The Bertz CT molecular complexity index is 1510. The van der Waals surface area contributed by atoms with E-state index in [4.69, 9.17) is 9.72 Å². The maximum absolute atomic E-state index is 11.8. The smallest absolute Gasteiger partial charge is 0.325 e. The number of anilines is 1. The van der Waals surface area contributed by atoms with Gasteiger partial charge in [-0.3, -0.25) is 4.79 Å². The number of aromatic nitrogens is 2. The summed E-state index contributed by atoms with van der Waals surface area (Å²) in [6, 6.07) is 37.1. The highest BCUT2D eigenvalue weighted by Gasteiger charge is 2.21. The van der Waals surface area contributed by atoms with E-state index in [1.807, 2.05) is 48.5 Å². The summed E-state index contributed by atoms with van der Waals surface area (Å²) in [6.45, 7) is 2.30. The van der Waals surface area contributed by atoms with Gasteiger partial charge in [-0.2, -0.15) is 0 Å². The molecule has 5 aromatic rings. The van der Waals surface area contributed by atoms with Crippen molar-refractivity contribution >= 4 is 11.7 Å². The zero-order chi connectivity index (χ0) is 25.6. The molecule has 0 aliphatic carbocycles. The molecule has 0 fully saturated rings. The molecule has 0 amide bonds. The average Bonchev–Trinajstić information content (AvgIpc) is 3.30. The normalized spacial score (nSPS) is 10.8. The highest BCUT2D eigenvalue weighted by molar-refractivity contribution is 5.87. The summed E-state index contributed by atoms with van der Waals surface area (Å²) in [6.07, 6.45) is 0. The third-order valence-electron chi connectivity index (χ3n) is 6.27. The lowest BCUT2D eigenvalue weighted by atomic mass is 9.98. The van der Waals surface area contributed by atoms with Crippen LogP contribution in [-0.2, 0) is 16.6 Å². The summed E-state index contributed by atoms with van der Waals surface area (Å²) >= 11 is 0. The molecule has 0 unspecified atom stereocenters. The number of hydrogen-bond donors (Lipinski definition) is 1. The Kier molecular flexibility index (Phi) is 7.13. The van der Waals surface area contributed by atoms with Crippen LogP contribution in [0.1, 0.15) is 6.92 Å². The molecule has 1 N–H and O–H groups in total. The minimum absolute atomic E-state index is 0.124. The molecular weight excluding hydrogens is 458 g/mol. The van der Waals surface area contributed by atoms with Gasteiger partial charge in [-0.05, 0) is 30.2 Å². The molecule has 0 saturated heterocycles. The Labute approximate surface area is 217 Å². The first-order chi connectivity index (χ1) is 18.2. The van der Waals surface area contributed by atoms with Gasteiger partial charge in [0.25, 0.3) is 0 Å². The molecule has 0 aliphatic heterocycles. The second kappa shape index (κ2) is 11.0. The van der Waals surface area contributed by atoms with Crippen molar-refractivity contribution in [3.63, 3.8) is 0 Å². The van der Waals surface area contributed by atoms with Crippen molar-refractivity contribution < 1.29 is 9.53 Å². The topological polar surface area (TPSA) is 56.1 Å². The van der Waals surface area contributed by atoms with Crippen molar-refractivity contribution in [1.29, 1.82) is 0 Å². The van der Waals surface area contributed by atoms with Gasteiger partial charge >= 0.3 is 5.97 Å².